The van der Waals surface area contributed by atoms with Crippen LogP contribution in [0.2, 0.25) is 10.0 Å². The molecule has 1 aliphatic rings. The number of rotatable bonds is 7. The van der Waals surface area contributed by atoms with Gasteiger partial charge in [0.25, 0.3) is 0 Å². The first-order chi connectivity index (χ1) is 14.3. The van der Waals surface area contributed by atoms with Crippen LogP contribution in [0, 0.1) is 5.92 Å². The van der Waals surface area contributed by atoms with E-state index in [9.17, 15) is 14.4 Å². The lowest BCUT2D eigenvalue weighted by Gasteiger charge is -2.17. The van der Waals surface area contributed by atoms with Crippen LogP contribution in [-0.4, -0.2) is 34.9 Å². The zero-order chi connectivity index (χ0) is 21.8. The van der Waals surface area contributed by atoms with Crippen LogP contribution in [0.4, 0.5) is 0 Å². The number of hydrogen-bond donors (Lipinski definition) is 2. The number of carbonyl (C=O) groups excluding carboxylic acids is 2. The summed E-state index contributed by atoms with van der Waals surface area (Å²) in [6.45, 7) is 1.42. The molecule has 1 amide bonds. The highest BCUT2D eigenvalue weighted by Crippen LogP contribution is 2.38. The Morgan fingerprint density at radius 1 is 1.07 bits per heavy atom. The van der Waals surface area contributed by atoms with E-state index in [4.69, 9.17) is 33.0 Å². The predicted molar refractivity (Wildman–Crippen MR) is 113 cm³/mol. The Balaban J connectivity index is 1.67. The van der Waals surface area contributed by atoms with Crippen LogP contribution in [-0.2, 0) is 9.59 Å². The summed E-state index contributed by atoms with van der Waals surface area (Å²) in [6, 6.07) is 11.0. The minimum Gasteiger partial charge on any atom is -0.489 e. The first kappa shape index (κ1) is 22.1. The number of benzene rings is 2. The number of aliphatic carboxylic acids is 1. The van der Waals surface area contributed by atoms with Crippen molar-refractivity contribution in [2.24, 2.45) is 5.92 Å². The maximum Gasteiger partial charge on any atom is 0.325 e. The third-order valence-electron chi connectivity index (χ3n) is 5.11. The molecule has 0 bridgehead atoms. The fourth-order valence-electron chi connectivity index (χ4n) is 3.40. The third-order valence-corrected chi connectivity index (χ3v) is 5.97. The van der Waals surface area contributed by atoms with Gasteiger partial charge < -0.3 is 15.2 Å². The van der Waals surface area contributed by atoms with Crippen molar-refractivity contribution in [1.82, 2.24) is 5.32 Å². The highest BCUT2D eigenvalue weighted by molar-refractivity contribution is 6.45. The summed E-state index contributed by atoms with van der Waals surface area (Å²) in [6.07, 6.45) is 1.39. The van der Waals surface area contributed by atoms with Crippen LogP contribution < -0.4 is 10.1 Å². The molecule has 1 saturated carbocycles. The second kappa shape index (κ2) is 9.49. The van der Waals surface area contributed by atoms with Gasteiger partial charge in [0.2, 0.25) is 5.91 Å². The fraction of sp³-hybridized carbons (Fsp3) is 0.318. The average Bonchev–Trinajstić information content (AvgIpc) is 3.20. The number of amides is 1. The van der Waals surface area contributed by atoms with Crippen LogP contribution in [0.25, 0.3) is 0 Å². The summed E-state index contributed by atoms with van der Waals surface area (Å²) in [5.74, 6) is -1.61. The smallest absolute Gasteiger partial charge is 0.325 e. The lowest BCUT2D eigenvalue weighted by atomic mass is 10.0. The Hall–Kier alpha value is -2.57. The monoisotopic (exact) mass is 449 g/mol. The zero-order valence-electron chi connectivity index (χ0n) is 16.2. The molecule has 0 saturated heterocycles. The molecule has 2 aromatic carbocycles. The van der Waals surface area contributed by atoms with Crippen molar-refractivity contribution >= 4 is 40.9 Å². The van der Waals surface area contributed by atoms with Gasteiger partial charge in [-0.05, 0) is 38.3 Å². The number of carbonyl (C=O) groups is 3. The van der Waals surface area contributed by atoms with E-state index in [2.05, 4.69) is 5.32 Å². The van der Waals surface area contributed by atoms with Crippen molar-refractivity contribution in [3.63, 3.8) is 0 Å². The van der Waals surface area contributed by atoms with Gasteiger partial charge in [-0.25, -0.2) is 0 Å². The molecule has 3 rings (SSSR count). The molecule has 0 heterocycles. The number of carboxylic acids is 1. The largest absolute Gasteiger partial charge is 0.489 e. The lowest BCUT2D eigenvalue weighted by Crippen LogP contribution is -2.41. The minimum atomic E-state index is -1.08. The molecule has 0 aliphatic heterocycles. The number of carboxylic acid groups (broad SMARTS) is 1. The van der Waals surface area contributed by atoms with E-state index < -0.39 is 12.0 Å². The van der Waals surface area contributed by atoms with E-state index in [-0.39, 0.29) is 39.3 Å². The van der Waals surface area contributed by atoms with Crippen molar-refractivity contribution in [2.75, 3.05) is 0 Å². The van der Waals surface area contributed by atoms with E-state index in [0.29, 0.717) is 30.6 Å². The molecule has 2 N–H and O–H groups in total. The number of halogens is 2. The summed E-state index contributed by atoms with van der Waals surface area (Å²) in [5.41, 5.74) is 0.788. The molecule has 3 atom stereocenters. The highest BCUT2D eigenvalue weighted by Gasteiger charge is 2.33. The lowest BCUT2D eigenvalue weighted by molar-refractivity contribution is -0.141. The van der Waals surface area contributed by atoms with Crippen LogP contribution in [0.3, 0.4) is 0 Å². The van der Waals surface area contributed by atoms with Gasteiger partial charge in [0.1, 0.15) is 16.8 Å². The Labute approximate surface area is 184 Å². The second-order valence-electron chi connectivity index (χ2n) is 7.25. The molecule has 0 aromatic heterocycles. The van der Waals surface area contributed by atoms with E-state index >= 15 is 0 Å². The molecular formula is C22H21Cl2NO5. The van der Waals surface area contributed by atoms with Gasteiger partial charge in [-0.15, -0.1) is 0 Å². The number of nitrogens with one attached hydrogen (secondary N) is 1. The minimum absolute atomic E-state index is 0.116. The molecule has 1 fully saturated rings. The molecule has 0 spiro atoms. The molecule has 8 heteroatoms. The molecule has 2 unspecified atom stereocenters. The van der Waals surface area contributed by atoms with E-state index in [1.54, 1.807) is 36.4 Å². The van der Waals surface area contributed by atoms with Gasteiger partial charge in [0.05, 0.1) is 11.1 Å². The van der Waals surface area contributed by atoms with Gasteiger partial charge in [-0.2, -0.15) is 0 Å². The van der Waals surface area contributed by atoms with Crippen LogP contribution in [0.1, 0.15) is 42.1 Å². The molecule has 30 heavy (non-hydrogen) atoms. The van der Waals surface area contributed by atoms with Crippen molar-refractivity contribution in [2.45, 2.75) is 38.3 Å². The summed E-state index contributed by atoms with van der Waals surface area (Å²) >= 11 is 12.7. The predicted octanol–water partition coefficient (Wildman–Crippen LogP) is 4.36. The van der Waals surface area contributed by atoms with E-state index in [1.165, 1.54) is 6.92 Å². The zero-order valence-corrected chi connectivity index (χ0v) is 17.7. The summed E-state index contributed by atoms with van der Waals surface area (Å²) in [4.78, 5) is 35.8. The van der Waals surface area contributed by atoms with Gasteiger partial charge in [-0.3, -0.25) is 14.4 Å². The summed E-state index contributed by atoms with van der Waals surface area (Å²) < 4.78 is 5.94. The van der Waals surface area contributed by atoms with Gasteiger partial charge in [-0.1, -0.05) is 53.5 Å². The molecule has 1 aliphatic carbocycles. The standard InChI is InChI=1S/C22H21Cl2NO5/c1-12(22(28)29)25-21(27)14-7-8-15(11-14)30-17-10-9-16(18(23)19(17)24)20(26)13-5-3-2-4-6-13/h2-6,9-10,12,14-15H,7-8,11H2,1H3,(H,25,27)(H,28,29)/t12-,14?,15?/m0/s1. The van der Waals surface area contributed by atoms with E-state index in [0.717, 1.165) is 0 Å². The SMILES string of the molecule is C[C@H](NC(=O)C1CCC(Oc2ccc(C(=O)c3ccccc3)c(Cl)c2Cl)C1)C(=O)O. The summed E-state index contributed by atoms with van der Waals surface area (Å²) in [7, 11) is 0. The number of ketones is 1. The van der Waals surface area contributed by atoms with Crippen molar-refractivity contribution in [1.29, 1.82) is 0 Å². The first-order valence-electron chi connectivity index (χ1n) is 9.55. The molecule has 0 radical (unpaired) electrons. The second-order valence-corrected chi connectivity index (χ2v) is 8.01. The van der Waals surface area contributed by atoms with Crippen LogP contribution in [0.15, 0.2) is 42.5 Å². The summed E-state index contributed by atoms with van der Waals surface area (Å²) in [5, 5.41) is 11.7. The molecule has 6 nitrogen and oxygen atoms in total. The topological polar surface area (TPSA) is 92.7 Å². The van der Waals surface area contributed by atoms with Crippen molar-refractivity contribution in [3.05, 3.63) is 63.6 Å². The Kier molecular flexibility index (Phi) is 7.00. The average molecular weight is 450 g/mol. The quantitative estimate of drug-likeness (QED) is 0.612. The van der Waals surface area contributed by atoms with Crippen LogP contribution in [0.5, 0.6) is 5.75 Å². The molecule has 158 valence electrons. The maximum absolute atomic E-state index is 12.7. The highest BCUT2D eigenvalue weighted by atomic mass is 35.5. The maximum atomic E-state index is 12.7. The number of hydrogen-bond acceptors (Lipinski definition) is 4. The number of ether oxygens (including phenoxy) is 1. The Morgan fingerprint density at radius 2 is 1.77 bits per heavy atom. The fourth-order valence-corrected chi connectivity index (χ4v) is 3.85. The molecular weight excluding hydrogens is 429 g/mol. The molecule has 2 aromatic rings. The van der Waals surface area contributed by atoms with Gasteiger partial charge >= 0.3 is 5.97 Å². The first-order valence-corrected chi connectivity index (χ1v) is 10.3. The Morgan fingerprint density at radius 3 is 2.43 bits per heavy atom. The van der Waals surface area contributed by atoms with Crippen LogP contribution >= 0.6 is 23.2 Å². The van der Waals surface area contributed by atoms with Gasteiger partial charge in [0.15, 0.2) is 5.78 Å². The van der Waals surface area contributed by atoms with Crippen molar-refractivity contribution < 1.29 is 24.2 Å². The normalized spacial score (nSPS) is 19.2. The van der Waals surface area contributed by atoms with Gasteiger partial charge in [0, 0.05) is 17.0 Å². The Bertz CT molecular complexity index is 964. The third kappa shape index (κ3) is 4.94. The van der Waals surface area contributed by atoms with E-state index in [1.807, 2.05) is 6.07 Å². The van der Waals surface area contributed by atoms with Crippen molar-refractivity contribution in [3.8, 4) is 5.75 Å².